The molecule has 0 spiro atoms. The third kappa shape index (κ3) is 3.41. The van der Waals surface area contributed by atoms with Crippen LogP contribution in [0.5, 0.6) is 0 Å². The normalized spacial score (nSPS) is 11.9. The van der Waals surface area contributed by atoms with Gasteiger partial charge >= 0.3 is 0 Å². The number of hydrogen-bond acceptors (Lipinski definition) is 2. The number of pyridine rings is 1. The molecule has 0 fully saturated rings. The van der Waals surface area contributed by atoms with Gasteiger partial charge in [0, 0.05) is 23.3 Å². The number of benzene rings is 1. The van der Waals surface area contributed by atoms with E-state index in [1.807, 2.05) is 43.3 Å². The summed E-state index contributed by atoms with van der Waals surface area (Å²) in [4.78, 5) is 16.2. The Labute approximate surface area is 121 Å². The molecule has 0 saturated carbocycles. The molecule has 2 aromatic rings. The third-order valence-corrected chi connectivity index (χ3v) is 3.56. The van der Waals surface area contributed by atoms with Crippen molar-refractivity contribution in [3.63, 3.8) is 0 Å². The summed E-state index contributed by atoms with van der Waals surface area (Å²) >= 11 is 3.40. The van der Waals surface area contributed by atoms with E-state index in [4.69, 9.17) is 0 Å². The molecule has 3 nitrogen and oxygen atoms in total. The smallest absolute Gasteiger partial charge is 0.252 e. The van der Waals surface area contributed by atoms with Crippen LogP contribution in [0.15, 0.2) is 48.8 Å². The molecule has 1 heterocycles. The van der Waals surface area contributed by atoms with Gasteiger partial charge in [-0.25, -0.2) is 0 Å². The maximum atomic E-state index is 12.3. The Bertz CT molecular complexity index is 557. The number of carbonyl (C=O) groups is 1. The lowest BCUT2D eigenvalue weighted by atomic mass is 10.1. The van der Waals surface area contributed by atoms with E-state index in [0.29, 0.717) is 10.9 Å². The van der Waals surface area contributed by atoms with Crippen LogP contribution in [0, 0.1) is 0 Å². The van der Waals surface area contributed by atoms with E-state index < -0.39 is 0 Å². The topological polar surface area (TPSA) is 42.0 Å². The number of alkyl halides is 1. The number of hydrogen-bond donors (Lipinski definition) is 1. The van der Waals surface area contributed by atoms with Gasteiger partial charge in [0.2, 0.25) is 0 Å². The first-order chi connectivity index (χ1) is 9.22. The molecule has 0 aliphatic rings. The zero-order valence-corrected chi connectivity index (χ0v) is 12.2. The predicted octanol–water partition coefficient (Wildman–Crippen LogP) is 3.47. The van der Waals surface area contributed by atoms with Gasteiger partial charge in [-0.05, 0) is 36.2 Å². The zero-order chi connectivity index (χ0) is 13.7. The summed E-state index contributed by atoms with van der Waals surface area (Å²) in [5.74, 6) is -0.0561. The molecule has 98 valence electrons. The van der Waals surface area contributed by atoms with Gasteiger partial charge in [0.15, 0.2) is 0 Å². The fourth-order valence-electron chi connectivity index (χ4n) is 1.87. The second kappa shape index (κ2) is 6.48. The fraction of sp³-hybridized carbons (Fsp3) is 0.200. The molecule has 0 saturated heterocycles. The van der Waals surface area contributed by atoms with Crippen molar-refractivity contribution in [2.24, 2.45) is 0 Å². The maximum Gasteiger partial charge on any atom is 0.252 e. The number of aromatic nitrogens is 1. The summed E-state index contributed by atoms with van der Waals surface area (Å²) in [6.07, 6.45) is 3.45. The monoisotopic (exact) mass is 318 g/mol. The Hall–Kier alpha value is -1.68. The quantitative estimate of drug-likeness (QED) is 0.877. The maximum absolute atomic E-state index is 12.3. The molecular weight excluding hydrogens is 304 g/mol. The van der Waals surface area contributed by atoms with Gasteiger partial charge in [-0.2, -0.15) is 0 Å². The predicted molar refractivity (Wildman–Crippen MR) is 79.2 cm³/mol. The van der Waals surface area contributed by atoms with Crippen LogP contribution in [0.4, 0.5) is 0 Å². The first-order valence-electron chi connectivity index (χ1n) is 6.07. The molecule has 0 radical (unpaired) electrons. The zero-order valence-electron chi connectivity index (χ0n) is 10.6. The minimum Gasteiger partial charge on any atom is -0.346 e. The van der Waals surface area contributed by atoms with Gasteiger partial charge in [-0.3, -0.25) is 9.78 Å². The number of carbonyl (C=O) groups excluding carboxylic acids is 1. The molecule has 1 N–H and O–H groups in total. The highest BCUT2D eigenvalue weighted by Crippen LogP contribution is 2.15. The van der Waals surface area contributed by atoms with Crippen molar-refractivity contribution in [3.8, 4) is 0 Å². The van der Waals surface area contributed by atoms with Gasteiger partial charge in [-0.1, -0.05) is 34.1 Å². The Morgan fingerprint density at radius 3 is 2.63 bits per heavy atom. The van der Waals surface area contributed by atoms with Gasteiger partial charge < -0.3 is 5.32 Å². The van der Waals surface area contributed by atoms with Crippen LogP contribution in [0.25, 0.3) is 0 Å². The van der Waals surface area contributed by atoms with Crippen LogP contribution in [0.3, 0.4) is 0 Å². The molecule has 0 aliphatic carbocycles. The van der Waals surface area contributed by atoms with Crippen LogP contribution in [-0.4, -0.2) is 10.9 Å². The highest BCUT2D eigenvalue weighted by molar-refractivity contribution is 9.08. The molecule has 0 bridgehead atoms. The van der Waals surface area contributed by atoms with E-state index in [9.17, 15) is 4.79 Å². The fourth-order valence-corrected chi connectivity index (χ4v) is 2.36. The average Bonchev–Trinajstić information content (AvgIpc) is 2.48. The Morgan fingerprint density at radius 2 is 1.95 bits per heavy atom. The minimum absolute atomic E-state index is 0.0427. The lowest BCUT2D eigenvalue weighted by molar-refractivity contribution is 0.0939. The molecule has 1 amide bonds. The number of rotatable bonds is 4. The summed E-state index contributed by atoms with van der Waals surface area (Å²) in [6, 6.07) is 11.4. The molecule has 4 heteroatoms. The molecule has 2 rings (SSSR count). The van der Waals surface area contributed by atoms with Crippen molar-refractivity contribution in [3.05, 3.63) is 65.5 Å². The largest absolute Gasteiger partial charge is 0.346 e. The van der Waals surface area contributed by atoms with Gasteiger partial charge in [0.1, 0.15) is 0 Å². The molecule has 1 aromatic heterocycles. The number of nitrogens with one attached hydrogen (secondary N) is 1. The van der Waals surface area contributed by atoms with Crippen molar-refractivity contribution in [1.29, 1.82) is 0 Å². The van der Waals surface area contributed by atoms with Crippen LogP contribution in [-0.2, 0) is 5.33 Å². The Kier molecular flexibility index (Phi) is 4.68. The minimum atomic E-state index is -0.0561. The summed E-state index contributed by atoms with van der Waals surface area (Å²) in [6.45, 7) is 1.96. The molecule has 1 unspecified atom stereocenters. The standard InChI is InChI=1S/C15H15BrN2O/c1-11(12-6-8-17-9-7-12)18-15(19)14-5-3-2-4-13(14)10-16/h2-9,11H,10H2,1H3,(H,18,19). The first kappa shape index (κ1) is 13.7. The van der Waals surface area contributed by atoms with Crippen molar-refractivity contribution in [1.82, 2.24) is 10.3 Å². The molecule has 1 atom stereocenters. The summed E-state index contributed by atoms with van der Waals surface area (Å²) in [5, 5.41) is 3.67. The van der Waals surface area contributed by atoms with E-state index in [1.54, 1.807) is 12.4 Å². The highest BCUT2D eigenvalue weighted by atomic mass is 79.9. The van der Waals surface area contributed by atoms with E-state index in [-0.39, 0.29) is 11.9 Å². The Morgan fingerprint density at radius 1 is 1.26 bits per heavy atom. The van der Waals surface area contributed by atoms with E-state index in [1.165, 1.54) is 0 Å². The van der Waals surface area contributed by atoms with E-state index in [2.05, 4.69) is 26.2 Å². The van der Waals surface area contributed by atoms with Crippen molar-refractivity contribution >= 4 is 21.8 Å². The third-order valence-electron chi connectivity index (χ3n) is 2.96. The highest BCUT2D eigenvalue weighted by Gasteiger charge is 2.13. The van der Waals surface area contributed by atoms with Gasteiger partial charge in [0.25, 0.3) is 5.91 Å². The molecule has 19 heavy (non-hydrogen) atoms. The van der Waals surface area contributed by atoms with Crippen molar-refractivity contribution in [2.75, 3.05) is 0 Å². The summed E-state index contributed by atoms with van der Waals surface area (Å²) in [7, 11) is 0. The van der Waals surface area contributed by atoms with Crippen LogP contribution < -0.4 is 5.32 Å². The first-order valence-corrected chi connectivity index (χ1v) is 7.19. The molecule has 1 aromatic carbocycles. The molecular formula is C15H15BrN2O. The van der Waals surface area contributed by atoms with Crippen molar-refractivity contribution < 1.29 is 4.79 Å². The van der Waals surface area contributed by atoms with Gasteiger partial charge in [0.05, 0.1) is 6.04 Å². The summed E-state index contributed by atoms with van der Waals surface area (Å²) < 4.78 is 0. The number of amides is 1. The van der Waals surface area contributed by atoms with E-state index >= 15 is 0 Å². The number of nitrogens with zero attached hydrogens (tertiary/aromatic N) is 1. The lowest BCUT2D eigenvalue weighted by Crippen LogP contribution is -2.27. The second-order valence-corrected chi connectivity index (χ2v) is 4.83. The second-order valence-electron chi connectivity index (χ2n) is 4.27. The van der Waals surface area contributed by atoms with Crippen LogP contribution in [0.1, 0.15) is 34.5 Å². The summed E-state index contributed by atoms with van der Waals surface area (Å²) in [5.41, 5.74) is 2.74. The average molecular weight is 319 g/mol. The van der Waals surface area contributed by atoms with Crippen molar-refractivity contribution in [2.45, 2.75) is 18.3 Å². The SMILES string of the molecule is CC(NC(=O)c1ccccc1CBr)c1ccncc1. The van der Waals surface area contributed by atoms with E-state index in [0.717, 1.165) is 11.1 Å². The number of halogens is 1. The molecule has 0 aliphatic heterocycles. The Balaban J connectivity index is 2.13. The van der Waals surface area contributed by atoms with Crippen LogP contribution >= 0.6 is 15.9 Å². The van der Waals surface area contributed by atoms with Gasteiger partial charge in [-0.15, -0.1) is 0 Å². The van der Waals surface area contributed by atoms with Crippen LogP contribution in [0.2, 0.25) is 0 Å². The lowest BCUT2D eigenvalue weighted by Gasteiger charge is -2.15.